The van der Waals surface area contributed by atoms with E-state index in [0.717, 1.165) is 40.7 Å². The first-order valence-electron chi connectivity index (χ1n) is 13.1. The molecule has 1 atom stereocenters. The van der Waals surface area contributed by atoms with Crippen molar-refractivity contribution in [1.82, 2.24) is 14.5 Å². The molecule has 2 fully saturated rings. The first-order valence-corrected chi connectivity index (χ1v) is 16.0. The highest BCUT2D eigenvalue weighted by molar-refractivity contribution is 7.99. The number of amides is 1. The highest BCUT2D eigenvalue weighted by atomic mass is 35.5. The smallest absolute Gasteiger partial charge is 0.354 e. The van der Waals surface area contributed by atoms with Crippen LogP contribution in [0.15, 0.2) is 47.8 Å². The summed E-state index contributed by atoms with van der Waals surface area (Å²) in [6.07, 6.45) is 3.80. The van der Waals surface area contributed by atoms with Crippen molar-refractivity contribution in [3.63, 3.8) is 0 Å². The van der Waals surface area contributed by atoms with E-state index in [9.17, 15) is 14.7 Å². The molecule has 0 unspecified atom stereocenters. The molecule has 8 nitrogen and oxygen atoms in total. The average molecular weight is 619 g/mol. The van der Waals surface area contributed by atoms with Crippen molar-refractivity contribution in [2.24, 2.45) is 7.05 Å². The number of rotatable bonds is 8. The second kappa shape index (κ2) is 11.5. The van der Waals surface area contributed by atoms with Crippen molar-refractivity contribution >= 4 is 70.0 Å². The molecule has 3 aromatic rings. The Morgan fingerprint density at radius 3 is 2.52 bits per heavy atom. The summed E-state index contributed by atoms with van der Waals surface area (Å²) in [5.74, 6) is 1.12. The molecule has 0 bridgehead atoms. The Balaban J connectivity index is 1.15. The number of aromatic carboxylic acids is 1. The van der Waals surface area contributed by atoms with Crippen LogP contribution >= 0.6 is 46.7 Å². The molecule has 210 valence electrons. The molecular formula is C28H29Cl2N5O3S2. The van der Waals surface area contributed by atoms with E-state index in [4.69, 9.17) is 23.2 Å². The summed E-state index contributed by atoms with van der Waals surface area (Å²) in [5.41, 5.74) is 4.02. The Labute approximate surface area is 251 Å². The van der Waals surface area contributed by atoms with Crippen LogP contribution in [0, 0.1) is 0 Å². The molecule has 3 aliphatic rings. The third kappa shape index (κ3) is 5.44. The summed E-state index contributed by atoms with van der Waals surface area (Å²) in [4.78, 5) is 36.0. The van der Waals surface area contributed by atoms with Crippen LogP contribution in [0.1, 0.15) is 34.5 Å². The molecule has 1 aromatic heterocycles. The number of carbonyl (C=O) groups excluding carboxylic acids is 1. The number of carboxylic acids is 1. The largest absolute Gasteiger partial charge is 0.477 e. The monoisotopic (exact) mass is 617 g/mol. The summed E-state index contributed by atoms with van der Waals surface area (Å²) < 4.78 is 1.55. The van der Waals surface area contributed by atoms with E-state index in [2.05, 4.69) is 33.0 Å². The fraction of sp³-hybridized carbons (Fsp3) is 0.393. The van der Waals surface area contributed by atoms with Crippen LogP contribution in [0.5, 0.6) is 0 Å². The van der Waals surface area contributed by atoms with Crippen molar-refractivity contribution in [3.8, 4) is 0 Å². The van der Waals surface area contributed by atoms with Gasteiger partial charge in [-0.2, -0.15) is 0 Å². The number of hydrogen-bond donors (Lipinski definition) is 1. The summed E-state index contributed by atoms with van der Waals surface area (Å²) in [6, 6.07) is 12.4. The second-order valence-electron chi connectivity index (χ2n) is 10.3. The zero-order valence-corrected chi connectivity index (χ0v) is 25.1. The van der Waals surface area contributed by atoms with Crippen molar-refractivity contribution in [2.45, 2.75) is 42.4 Å². The van der Waals surface area contributed by atoms with Crippen LogP contribution in [0.3, 0.4) is 0 Å². The Bertz CT molecular complexity index is 1440. The topological polar surface area (TPSA) is 81.9 Å². The maximum absolute atomic E-state index is 13.9. The molecule has 1 aliphatic carbocycles. The van der Waals surface area contributed by atoms with Gasteiger partial charge in [-0.25, -0.2) is 9.78 Å². The van der Waals surface area contributed by atoms with Gasteiger partial charge in [0.1, 0.15) is 5.69 Å². The van der Waals surface area contributed by atoms with E-state index >= 15 is 0 Å². The van der Waals surface area contributed by atoms with Crippen molar-refractivity contribution in [3.05, 3.63) is 69.5 Å². The van der Waals surface area contributed by atoms with E-state index in [-0.39, 0.29) is 17.6 Å². The Hall–Kier alpha value is -2.37. The minimum Gasteiger partial charge on any atom is -0.477 e. The lowest BCUT2D eigenvalue weighted by atomic mass is 10.1. The molecule has 1 N–H and O–H groups in total. The number of nitrogens with zero attached hydrogens (tertiary/aromatic N) is 5. The standard InChI is InChI=1S/C28H29Cl2N5O3S2/c1-32-24(27(37)38)12-31-28(32)40-14-17-10-20(29)19(21(30)11-17)13-33-16-39-15-25(33)26(36)35-9-8-34(18-6-7-18)22-4-2-3-5-23(22)35/h2-5,10-12,18,25H,6-9,13-16H2,1H3,(H,37,38)/t25-/m0/s1. The Kier molecular flexibility index (Phi) is 7.98. The van der Waals surface area contributed by atoms with E-state index in [1.165, 1.54) is 30.8 Å². The molecule has 0 spiro atoms. The van der Waals surface area contributed by atoms with Crippen LogP contribution < -0.4 is 9.80 Å². The quantitative estimate of drug-likeness (QED) is 0.327. The van der Waals surface area contributed by atoms with Gasteiger partial charge in [0.25, 0.3) is 0 Å². The SMILES string of the molecule is Cn1c(C(=O)O)cnc1SCc1cc(Cl)c(CN2CSC[C@H]2C(=O)N2CCN(C3CC3)c3ccccc32)c(Cl)c1. The average Bonchev–Trinajstić information content (AvgIpc) is 3.56. The maximum Gasteiger partial charge on any atom is 0.354 e. The number of para-hydroxylation sites is 2. The fourth-order valence-electron chi connectivity index (χ4n) is 5.38. The number of aromatic nitrogens is 2. The lowest BCUT2D eigenvalue weighted by molar-refractivity contribution is -0.122. The molecule has 3 heterocycles. The predicted octanol–water partition coefficient (Wildman–Crippen LogP) is 5.61. The van der Waals surface area contributed by atoms with E-state index < -0.39 is 5.97 Å². The summed E-state index contributed by atoms with van der Waals surface area (Å²) >= 11 is 16.7. The van der Waals surface area contributed by atoms with Gasteiger partial charge in [0.05, 0.1) is 23.6 Å². The third-order valence-electron chi connectivity index (χ3n) is 7.65. The number of carboxylic acid groups (broad SMARTS) is 1. The normalized spacial score (nSPS) is 19.2. The molecular weight excluding hydrogens is 589 g/mol. The van der Waals surface area contributed by atoms with E-state index in [1.807, 2.05) is 23.1 Å². The number of thioether (sulfide) groups is 2. The molecule has 1 saturated carbocycles. The van der Waals surface area contributed by atoms with Gasteiger partial charge < -0.3 is 19.5 Å². The molecule has 1 amide bonds. The highest BCUT2D eigenvalue weighted by Gasteiger charge is 2.40. The number of anilines is 2. The second-order valence-corrected chi connectivity index (χ2v) is 13.0. The molecule has 12 heteroatoms. The number of halogens is 2. The van der Waals surface area contributed by atoms with Gasteiger partial charge in [0.15, 0.2) is 5.16 Å². The number of fused-ring (bicyclic) bond motifs is 1. The van der Waals surface area contributed by atoms with Gasteiger partial charge in [0, 0.05) is 65.7 Å². The van der Waals surface area contributed by atoms with Crippen molar-refractivity contribution in [1.29, 1.82) is 0 Å². The van der Waals surface area contributed by atoms with Crippen LogP contribution in [0.25, 0.3) is 0 Å². The molecule has 1 saturated heterocycles. The number of hydrogen-bond acceptors (Lipinski definition) is 7. The maximum atomic E-state index is 13.9. The minimum absolute atomic E-state index is 0.129. The lowest BCUT2D eigenvalue weighted by Crippen LogP contribution is -2.52. The summed E-state index contributed by atoms with van der Waals surface area (Å²) in [6.45, 7) is 2.04. The van der Waals surface area contributed by atoms with E-state index in [1.54, 1.807) is 23.4 Å². The van der Waals surface area contributed by atoms with Gasteiger partial charge in [-0.05, 0) is 42.7 Å². The highest BCUT2D eigenvalue weighted by Crippen LogP contribution is 2.41. The first kappa shape index (κ1) is 27.8. The van der Waals surface area contributed by atoms with Gasteiger partial charge in [-0.1, -0.05) is 47.1 Å². The van der Waals surface area contributed by atoms with Crippen LogP contribution in [-0.2, 0) is 24.1 Å². The molecule has 2 aliphatic heterocycles. The molecule has 40 heavy (non-hydrogen) atoms. The first-order chi connectivity index (χ1) is 19.3. The van der Waals surface area contributed by atoms with Crippen molar-refractivity contribution in [2.75, 3.05) is 34.5 Å². The number of carbonyl (C=O) groups is 2. The molecule has 0 radical (unpaired) electrons. The molecule has 2 aromatic carbocycles. The third-order valence-corrected chi connectivity index (χ3v) is 10.5. The van der Waals surface area contributed by atoms with Gasteiger partial charge in [-0.3, -0.25) is 9.69 Å². The van der Waals surface area contributed by atoms with Gasteiger partial charge >= 0.3 is 5.97 Å². The molecule has 6 rings (SSSR count). The minimum atomic E-state index is -1.01. The Morgan fingerprint density at radius 2 is 1.85 bits per heavy atom. The number of imidazole rings is 1. The van der Waals surface area contributed by atoms with Crippen LogP contribution in [0.2, 0.25) is 10.0 Å². The zero-order valence-electron chi connectivity index (χ0n) is 21.9. The summed E-state index contributed by atoms with van der Waals surface area (Å²) in [7, 11) is 1.68. The Morgan fingerprint density at radius 1 is 1.12 bits per heavy atom. The number of benzene rings is 2. The van der Waals surface area contributed by atoms with Crippen LogP contribution in [-0.4, -0.2) is 68.2 Å². The van der Waals surface area contributed by atoms with Crippen LogP contribution in [0.4, 0.5) is 11.4 Å². The zero-order chi connectivity index (χ0) is 28.0. The van der Waals surface area contributed by atoms with E-state index in [0.29, 0.717) is 40.1 Å². The summed E-state index contributed by atoms with van der Waals surface area (Å²) in [5, 5.41) is 11.0. The lowest BCUT2D eigenvalue weighted by Gasteiger charge is -2.39. The van der Waals surface area contributed by atoms with Gasteiger partial charge in [-0.15, -0.1) is 11.8 Å². The fourth-order valence-corrected chi connectivity index (χ4v) is 8.11. The van der Waals surface area contributed by atoms with Gasteiger partial charge in [0.2, 0.25) is 5.91 Å². The predicted molar refractivity (Wildman–Crippen MR) is 162 cm³/mol. The van der Waals surface area contributed by atoms with Crippen molar-refractivity contribution < 1.29 is 14.7 Å².